The Kier molecular flexibility index (Phi) is 9.97. The summed E-state index contributed by atoms with van der Waals surface area (Å²) in [6.07, 6.45) is 6.15. The van der Waals surface area contributed by atoms with Crippen molar-refractivity contribution in [2.75, 3.05) is 26.2 Å². The predicted molar refractivity (Wildman–Crippen MR) is 145 cm³/mol. The van der Waals surface area contributed by atoms with Crippen LogP contribution in [0.25, 0.3) is 0 Å². The van der Waals surface area contributed by atoms with Gasteiger partial charge in [-0.25, -0.2) is 4.99 Å². The molecule has 0 spiro atoms. The Bertz CT molecular complexity index is 882. The molecule has 1 N–H and O–H groups in total. The van der Waals surface area contributed by atoms with Crippen LogP contribution in [-0.2, 0) is 20.1 Å². The lowest BCUT2D eigenvalue weighted by molar-refractivity contribution is 0.0372. The molecular formula is C25H40IN7. The van der Waals surface area contributed by atoms with E-state index in [-0.39, 0.29) is 24.0 Å². The standard InChI is InChI=1S/C25H39N7.HI/c1-4-5-14-26-25(27-17-24-29-28-20(2)30(24)3)32-16-13-23-22(19-32)12-9-15-31(23)18-21-10-7-6-8-11-21;/h6-8,10-11,22-23H,4-5,9,12-19H2,1-3H3,(H,26,27);1H. The summed E-state index contributed by atoms with van der Waals surface area (Å²) < 4.78 is 2.03. The number of unbranched alkanes of at least 4 members (excludes halogenated alkanes) is 1. The summed E-state index contributed by atoms with van der Waals surface area (Å²) >= 11 is 0. The molecule has 2 fully saturated rings. The van der Waals surface area contributed by atoms with Crippen molar-refractivity contribution in [1.82, 2.24) is 29.9 Å². The molecular weight excluding hydrogens is 525 g/mol. The number of nitrogens with zero attached hydrogens (tertiary/aromatic N) is 6. The van der Waals surface area contributed by atoms with Crippen molar-refractivity contribution >= 4 is 29.9 Å². The summed E-state index contributed by atoms with van der Waals surface area (Å²) in [6, 6.07) is 11.6. The van der Waals surface area contributed by atoms with Crippen LogP contribution in [0, 0.1) is 12.8 Å². The van der Waals surface area contributed by atoms with E-state index in [1.165, 1.54) is 37.8 Å². The minimum absolute atomic E-state index is 0. The van der Waals surface area contributed by atoms with Gasteiger partial charge in [0, 0.05) is 39.3 Å². The number of guanidine groups is 1. The van der Waals surface area contributed by atoms with Crippen molar-refractivity contribution < 1.29 is 0 Å². The molecule has 0 aliphatic carbocycles. The third kappa shape index (κ3) is 6.68. The number of piperidine rings is 2. The molecule has 8 heteroatoms. The number of aliphatic imine (C=N–C) groups is 1. The van der Waals surface area contributed by atoms with Gasteiger partial charge in [-0.1, -0.05) is 43.7 Å². The SMILES string of the molecule is CCCCNC(=NCc1nnc(C)n1C)N1CCC2C(CCCN2Cc2ccccc2)C1.I. The van der Waals surface area contributed by atoms with Gasteiger partial charge in [0.25, 0.3) is 0 Å². The van der Waals surface area contributed by atoms with E-state index in [2.05, 4.69) is 62.6 Å². The highest BCUT2D eigenvalue weighted by Gasteiger charge is 2.36. The number of aryl methyl sites for hydroxylation is 1. The van der Waals surface area contributed by atoms with Gasteiger partial charge in [-0.05, 0) is 50.6 Å². The fourth-order valence-corrected chi connectivity index (χ4v) is 5.09. The highest BCUT2D eigenvalue weighted by Crippen LogP contribution is 2.31. The van der Waals surface area contributed by atoms with Crippen LogP contribution in [0.3, 0.4) is 0 Å². The summed E-state index contributed by atoms with van der Waals surface area (Å²) in [5.41, 5.74) is 1.43. The first kappa shape index (κ1) is 25.9. The number of hydrogen-bond donors (Lipinski definition) is 1. The maximum absolute atomic E-state index is 4.98. The summed E-state index contributed by atoms with van der Waals surface area (Å²) in [6.45, 7) is 10.2. The fourth-order valence-electron chi connectivity index (χ4n) is 5.09. The average Bonchev–Trinajstić information content (AvgIpc) is 3.14. The van der Waals surface area contributed by atoms with Crippen LogP contribution in [-0.4, -0.2) is 62.7 Å². The second-order valence-corrected chi connectivity index (χ2v) is 9.30. The molecule has 2 aliphatic heterocycles. The zero-order valence-corrected chi connectivity index (χ0v) is 22.7. The van der Waals surface area contributed by atoms with E-state index in [0.717, 1.165) is 50.2 Å². The van der Waals surface area contributed by atoms with Crippen molar-refractivity contribution in [2.45, 2.75) is 65.1 Å². The van der Waals surface area contributed by atoms with Gasteiger partial charge < -0.3 is 14.8 Å². The van der Waals surface area contributed by atoms with Crippen LogP contribution in [0.4, 0.5) is 0 Å². The number of benzene rings is 1. The van der Waals surface area contributed by atoms with Gasteiger partial charge in [0.2, 0.25) is 0 Å². The maximum Gasteiger partial charge on any atom is 0.194 e. The Morgan fingerprint density at radius 2 is 1.97 bits per heavy atom. The zero-order valence-electron chi connectivity index (χ0n) is 20.4. The molecule has 2 atom stereocenters. The van der Waals surface area contributed by atoms with Crippen molar-refractivity contribution in [3.63, 3.8) is 0 Å². The predicted octanol–water partition coefficient (Wildman–Crippen LogP) is 3.97. The molecule has 2 aliphatic rings. The van der Waals surface area contributed by atoms with Crippen molar-refractivity contribution in [1.29, 1.82) is 0 Å². The molecule has 4 rings (SSSR count). The van der Waals surface area contributed by atoms with Gasteiger partial charge >= 0.3 is 0 Å². The lowest BCUT2D eigenvalue weighted by Crippen LogP contribution is -2.56. The minimum Gasteiger partial charge on any atom is -0.356 e. The lowest BCUT2D eigenvalue weighted by atomic mass is 9.83. The first-order valence-electron chi connectivity index (χ1n) is 12.3. The lowest BCUT2D eigenvalue weighted by Gasteiger charge is -2.48. The normalized spacial score (nSPS) is 21.4. The number of aromatic nitrogens is 3. The van der Waals surface area contributed by atoms with Crippen LogP contribution >= 0.6 is 24.0 Å². The Morgan fingerprint density at radius 3 is 2.70 bits per heavy atom. The molecule has 0 amide bonds. The smallest absolute Gasteiger partial charge is 0.194 e. The molecule has 33 heavy (non-hydrogen) atoms. The molecule has 0 radical (unpaired) electrons. The van der Waals surface area contributed by atoms with Crippen LogP contribution in [0.1, 0.15) is 56.2 Å². The first-order chi connectivity index (χ1) is 15.7. The van der Waals surface area contributed by atoms with Crippen molar-refractivity contribution in [3.8, 4) is 0 Å². The van der Waals surface area contributed by atoms with Gasteiger partial charge in [0.05, 0.1) is 0 Å². The second-order valence-electron chi connectivity index (χ2n) is 9.30. The Labute approximate surface area is 216 Å². The molecule has 0 saturated carbocycles. The summed E-state index contributed by atoms with van der Waals surface area (Å²) in [5.74, 6) is 3.59. The maximum atomic E-state index is 4.98. The molecule has 0 bridgehead atoms. The Hall–Kier alpha value is -1.68. The number of rotatable bonds is 7. The van der Waals surface area contributed by atoms with E-state index in [1.807, 2.05) is 18.5 Å². The van der Waals surface area contributed by atoms with E-state index in [1.54, 1.807) is 0 Å². The van der Waals surface area contributed by atoms with Crippen LogP contribution in [0.5, 0.6) is 0 Å². The zero-order chi connectivity index (χ0) is 22.3. The summed E-state index contributed by atoms with van der Waals surface area (Å²) in [7, 11) is 2.01. The highest BCUT2D eigenvalue weighted by molar-refractivity contribution is 14.0. The largest absolute Gasteiger partial charge is 0.356 e. The topological polar surface area (TPSA) is 61.6 Å². The quantitative estimate of drug-likeness (QED) is 0.238. The number of likely N-dealkylation sites (tertiary alicyclic amines) is 2. The number of hydrogen-bond acceptors (Lipinski definition) is 4. The Balaban J connectivity index is 0.00000306. The number of nitrogens with one attached hydrogen (secondary N) is 1. The number of halogens is 1. The molecule has 2 saturated heterocycles. The average molecular weight is 566 g/mol. The van der Waals surface area contributed by atoms with Crippen LogP contribution in [0.2, 0.25) is 0 Å². The second kappa shape index (κ2) is 12.7. The molecule has 7 nitrogen and oxygen atoms in total. The van der Waals surface area contributed by atoms with E-state index < -0.39 is 0 Å². The van der Waals surface area contributed by atoms with E-state index >= 15 is 0 Å². The van der Waals surface area contributed by atoms with Gasteiger partial charge in [-0.3, -0.25) is 4.90 Å². The summed E-state index contributed by atoms with van der Waals surface area (Å²) in [4.78, 5) is 10.2. The van der Waals surface area contributed by atoms with Gasteiger partial charge in [-0.15, -0.1) is 34.2 Å². The fraction of sp³-hybridized carbons (Fsp3) is 0.640. The third-order valence-corrected chi connectivity index (χ3v) is 7.08. The molecule has 2 unspecified atom stereocenters. The monoisotopic (exact) mass is 565 g/mol. The first-order valence-corrected chi connectivity index (χ1v) is 12.3. The van der Waals surface area contributed by atoms with Crippen molar-refractivity contribution in [3.05, 3.63) is 47.5 Å². The third-order valence-electron chi connectivity index (χ3n) is 7.08. The molecule has 3 heterocycles. The van der Waals surface area contributed by atoms with E-state index in [9.17, 15) is 0 Å². The molecule has 1 aromatic carbocycles. The number of fused-ring (bicyclic) bond motifs is 1. The highest BCUT2D eigenvalue weighted by atomic mass is 127. The van der Waals surface area contributed by atoms with Gasteiger partial charge in [0.15, 0.2) is 11.8 Å². The van der Waals surface area contributed by atoms with Crippen LogP contribution < -0.4 is 5.32 Å². The molecule has 2 aromatic rings. The Morgan fingerprint density at radius 1 is 1.15 bits per heavy atom. The van der Waals surface area contributed by atoms with Crippen LogP contribution in [0.15, 0.2) is 35.3 Å². The summed E-state index contributed by atoms with van der Waals surface area (Å²) in [5, 5.41) is 12.1. The molecule has 1 aromatic heterocycles. The van der Waals surface area contributed by atoms with Gasteiger partial charge in [-0.2, -0.15) is 0 Å². The molecule has 182 valence electrons. The minimum atomic E-state index is 0. The van der Waals surface area contributed by atoms with Crippen molar-refractivity contribution in [2.24, 2.45) is 18.0 Å². The van der Waals surface area contributed by atoms with E-state index in [4.69, 9.17) is 4.99 Å². The van der Waals surface area contributed by atoms with E-state index in [0.29, 0.717) is 18.5 Å². The van der Waals surface area contributed by atoms with Gasteiger partial charge in [0.1, 0.15) is 12.4 Å².